The molecule has 0 aliphatic carbocycles. The summed E-state index contributed by atoms with van der Waals surface area (Å²) >= 11 is 11.6. The molecule has 1 heterocycles. The standard InChI is InChI=1S/C13H11Cl2FN2/c14-9-4-5-12(18-7-9)11(17)6-8-2-1-3-10(16)13(8)15/h1-5,7,11H,6,17H2. The Morgan fingerprint density at radius 3 is 2.67 bits per heavy atom. The molecule has 18 heavy (non-hydrogen) atoms. The van der Waals surface area contributed by atoms with Crippen molar-refractivity contribution >= 4 is 23.2 Å². The van der Waals surface area contributed by atoms with E-state index in [4.69, 9.17) is 28.9 Å². The fourth-order valence-electron chi connectivity index (χ4n) is 1.65. The molecular formula is C13H11Cl2FN2. The van der Waals surface area contributed by atoms with Gasteiger partial charge in [0.2, 0.25) is 0 Å². The lowest BCUT2D eigenvalue weighted by Crippen LogP contribution is -2.15. The molecule has 0 amide bonds. The maximum Gasteiger partial charge on any atom is 0.142 e. The maximum absolute atomic E-state index is 13.3. The van der Waals surface area contributed by atoms with Crippen LogP contribution in [-0.2, 0) is 6.42 Å². The topological polar surface area (TPSA) is 38.9 Å². The molecule has 94 valence electrons. The van der Waals surface area contributed by atoms with Crippen molar-refractivity contribution in [1.82, 2.24) is 4.98 Å². The molecule has 0 fully saturated rings. The number of aromatic nitrogens is 1. The van der Waals surface area contributed by atoms with E-state index < -0.39 is 5.82 Å². The Labute approximate surface area is 115 Å². The normalized spacial score (nSPS) is 12.4. The van der Waals surface area contributed by atoms with Gasteiger partial charge in [-0.1, -0.05) is 35.3 Å². The van der Waals surface area contributed by atoms with Gasteiger partial charge in [0.15, 0.2) is 0 Å². The monoisotopic (exact) mass is 284 g/mol. The predicted octanol–water partition coefficient (Wildman–Crippen LogP) is 3.77. The Morgan fingerprint density at radius 2 is 2.00 bits per heavy atom. The highest BCUT2D eigenvalue weighted by molar-refractivity contribution is 6.31. The van der Waals surface area contributed by atoms with Gasteiger partial charge in [-0.05, 0) is 30.2 Å². The number of nitrogens with two attached hydrogens (primary N) is 1. The Balaban J connectivity index is 2.18. The zero-order valence-corrected chi connectivity index (χ0v) is 10.9. The molecule has 2 nitrogen and oxygen atoms in total. The summed E-state index contributed by atoms with van der Waals surface area (Å²) in [6.07, 6.45) is 1.95. The molecule has 0 spiro atoms. The van der Waals surface area contributed by atoms with Crippen LogP contribution in [0.2, 0.25) is 10.0 Å². The van der Waals surface area contributed by atoms with Crippen LogP contribution in [0, 0.1) is 5.82 Å². The molecule has 2 aromatic rings. The average Bonchev–Trinajstić information content (AvgIpc) is 2.36. The number of hydrogen-bond donors (Lipinski definition) is 1. The van der Waals surface area contributed by atoms with Gasteiger partial charge < -0.3 is 5.73 Å². The fourth-order valence-corrected chi connectivity index (χ4v) is 1.97. The van der Waals surface area contributed by atoms with E-state index in [1.54, 1.807) is 24.3 Å². The van der Waals surface area contributed by atoms with Crippen molar-refractivity contribution in [3.8, 4) is 0 Å². The molecule has 1 aromatic carbocycles. The molecule has 5 heteroatoms. The summed E-state index contributed by atoms with van der Waals surface area (Å²) in [4.78, 5) is 4.13. The molecule has 0 radical (unpaired) electrons. The molecule has 1 atom stereocenters. The first-order valence-electron chi connectivity index (χ1n) is 5.38. The number of benzene rings is 1. The Morgan fingerprint density at radius 1 is 1.22 bits per heavy atom. The summed E-state index contributed by atoms with van der Waals surface area (Å²) in [5.74, 6) is -0.439. The summed E-state index contributed by atoms with van der Waals surface area (Å²) in [6.45, 7) is 0. The minimum Gasteiger partial charge on any atom is -0.322 e. The van der Waals surface area contributed by atoms with Crippen molar-refractivity contribution in [2.75, 3.05) is 0 Å². The van der Waals surface area contributed by atoms with Crippen LogP contribution in [0.15, 0.2) is 36.5 Å². The van der Waals surface area contributed by atoms with E-state index in [0.29, 0.717) is 22.7 Å². The Hall–Kier alpha value is -1.16. The van der Waals surface area contributed by atoms with Crippen molar-refractivity contribution in [2.45, 2.75) is 12.5 Å². The number of rotatable bonds is 3. The van der Waals surface area contributed by atoms with Crippen molar-refractivity contribution in [3.05, 3.63) is 63.6 Å². The van der Waals surface area contributed by atoms with Crippen LogP contribution in [0.4, 0.5) is 4.39 Å². The third kappa shape index (κ3) is 2.99. The largest absolute Gasteiger partial charge is 0.322 e. The van der Waals surface area contributed by atoms with E-state index in [1.165, 1.54) is 12.3 Å². The van der Waals surface area contributed by atoms with Gasteiger partial charge in [-0.15, -0.1) is 0 Å². The average molecular weight is 285 g/mol. The van der Waals surface area contributed by atoms with Gasteiger partial charge in [0.1, 0.15) is 5.82 Å². The van der Waals surface area contributed by atoms with Crippen LogP contribution in [0.1, 0.15) is 17.3 Å². The predicted molar refractivity (Wildman–Crippen MR) is 71.3 cm³/mol. The highest BCUT2D eigenvalue weighted by atomic mass is 35.5. The summed E-state index contributed by atoms with van der Waals surface area (Å²) in [5.41, 5.74) is 7.37. The summed E-state index contributed by atoms with van der Waals surface area (Å²) in [6, 6.07) is 7.80. The summed E-state index contributed by atoms with van der Waals surface area (Å²) in [5, 5.41) is 0.664. The smallest absolute Gasteiger partial charge is 0.142 e. The molecule has 1 unspecified atom stereocenters. The van der Waals surface area contributed by atoms with Crippen molar-refractivity contribution in [3.63, 3.8) is 0 Å². The molecule has 0 aliphatic heterocycles. The van der Waals surface area contributed by atoms with Gasteiger partial charge in [-0.25, -0.2) is 4.39 Å². The van der Waals surface area contributed by atoms with Gasteiger partial charge in [-0.2, -0.15) is 0 Å². The van der Waals surface area contributed by atoms with Crippen LogP contribution < -0.4 is 5.73 Å². The quantitative estimate of drug-likeness (QED) is 0.932. The maximum atomic E-state index is 13.3. The molecule has 2 rings (SSSR count). The lowest BCUT2D eigenvalue weighted by atomic mass is 10.0. The molecule has 0 saturated heterocycles. The van der Waals surface area contributed by atoms with Crippen LogP contribution in [0.25, 0.3) is 0 Å². The SMILES string of the molecule is NC(Cc1cccc(F)c1Cl)c1ccc(Cl)cn1. The van der Waals surface area contributed by atoms with Gasteiger partial charge in [-0.3, -0.25) is 4.98 Å². The lowest BCUT2D eigenvalue weighted by molar-refractivity contribution is 0.621. The van der Waals surface area contributed by atoms with E-state index in [9.17, 15) is 4.39 Å². The second kappa shape index (κ2) is 5.65. The third-order valence-corrected chi connectivity index (χ3v) is 3.25. The first-order valence-corrected chi connectivity index (χ1v) is 6.13. The fraction of sp³-hybridized carbons (Fsp3) is 0.154. The first kappa shape index (κ1) is 13.3. The summed E-state index contributed by atoms with van der Waals surface area (Å²) < 4.78 is 13.3. The molecule has 0 bridgehead atoms. The van der Waals surface area contributed by atoms with E-state index in [2.05, 4.69) is 4.98 Å². The van der Waals surface area contributed by atoms with Gasteiger partial charge in [0, 0.05) is 6.20 Å². The van der Waals surface area contributed by atoms with Crippen LogP contribution >= 0.6 is 23.2 Å². The van der Waals surface area contributed by atoms with Crippen LogP contribution in [-0.4, -0.2) is 4.98 Å². The minimum absolute atomic E-state index is 0.113. The first-order chi connectivity index (χ1) is 8.58. The highest BCUT2D eigenvalue weighted by Gasteiger charge is 2.12. The summed E-state index contributed by atoms with van der Waals surface area (Å²) in [7, 11) is 0. The number of halogens is 3. The van der Waals surface area contributed by atoms with Crippen LogP contribution in [0.3, 0.4) is 0 Å². The van der Waals surface area contributed by atoms with Crippen molar-refractivity contribution < 1.29 is 4.39 Å². The second-order valence-electron chi connectivity index (χ2n) is 3.92. The van der Waals surface area contributed by atoms with Crippen LogP contribution in [0.5, 0.6) is 0 Å². The van der Waals surface area contributed by atoms with Crippen molar-refractivity contribution in [1.29, 1.82) is 0 Å². The van der Waals surface area contributed by atoms with Gasteiger partial charge in [0.25, 0.3) is 0 Å². The van der Waals surface area contributed by atoms with Gasteiger partial charge >= 0.3 is 0 Å². The minimum atomic E-state index is -0.439. The molecule has 0 saturated carbocycles. The zero-order chi connectivity index (χ0) is 13.1. The van der Waals surface area contributed by atoms with Crippen molar-refractivity contribution in [2.24, 2.45) is 5.73 Å². The lowest BCUT2D eigenvalue weighted by Gasteiger charge is -2.12. The molecule has 2 N–H and O–H groups in total. The van der Waals surface area contributed by atoms with Gasteiger partial charge in [0.05, 0.1) is 21.8 Å². The molecule has 0 aliphatic rings. The third-order valence-electron chi connectivity index (χ3n) is 2.60. The second-order valence-corrected chi connectivity index (χ2v) is 4.74. The Kier molecular flexibility index (Phi) is 4.17. The zero-order valence-electron chi connectivity index (χ0n) is 9.41. The van der Waals surface area contributed by atoms with E-state index >= 15 is 0 Å². The number of hydrogen-bond acceptors (Lipinski definition) is 2. The molecule has 1 aromatic heterocycles. The van der Waals surface area contributed by atoms with E-state index in [-0.39, 0.29) is 11.1 Å². The van der Waals surface area contributed by atoms with E-state index in [0.717, 1.165) is 0 Å². The number of pyridine rings is 1. The molecular weight excluding hydrogens is 274 g/mol. The van der Waals surface area contributed by atoms with E-state index in [1.807, 2.05) is 0 Å². The highest BCUT2D eigenvalue weighted by Crippen LogP contribution is 2.24. The Bertz CT molecular complexity index is 543. The number of nitrogens with zero attached hydrogens (tertiary/aromatic N) is 1.